The zero-order valence-corrected chi connectivity index (χ0v) is 10.2. The highest BCUT2D eigenvalue weighted by Crippen LogP contribution is 2.16. The zero-order valence-electron chi connectivity index (χ0n) is 10.2. The number of halogens is 4. The summed E-state index contributed by atoms with van der Waals surface area (Å²) in [5.41, 5.74) is -0.248. The highest BCUT2D eigenvalue weighted by Gasteiger charge is 2.29. The van der Waals surface area contributed by atoms with Crippen molar-refractivity contribution in [3.8, 4) is 5.88 Å². The number of aromatic nitrogens is 1. The summed E-state index contributed by atoms with van der Waals surface area (Å²) >= 11 is 0. The molecule has 0 fully saturated rings. The van der Waals surface area contributed by atoms with Crippen molar-refractivity contribution in [2.75, 3.05) is 19.8 Å². The number of pyridine rings is 1. The number of hydrogen-bond acceptors (Lipinski definition) is 4. The maximum absolute atomic E-state index is 12.8. The van der Waals surface area contributed by atoms with Gasteiger partial charge in [0.15, 0.2) is 6.61 Å². The van der Waals surface area contributed by atoms with Gasteiger partial charge in [0, 0.05) is 6.20 Å². The second-order valence-electron chi connectivity index (χ2n) is 3.75. The molecule has 0 atom stereocenters. The molecule has 0 saturated carbocycles. The Bertz CT molecular complexity index is 457. The summed E-state index contributed by atoms with van der Waals surface area (Å²) in [6, 6.07) is 2.52. The Morgan fingerprint density at radius 3 is 2.80 bits per heavy atom. The summed E-state index contributed by atoms with van der Waals surface area (Å²) in [7, 11) is 0. The Hall–Kier alpha value is -1.90. The minimum atomic E-state index is -3.47. The van der Waals surface area contributed by atoms with E-state index in [4.69, 9.17) is 5.11 Å². The van der Waals surface area contributed by atoms with Gasteiger partial charge >= 0.3 is 0 Å². The highest BCUT2D eigenvalue weighted by atomic mass is 19.3. The number of ether oxygens (including phenoxy) is 1. The van der Waals surface area contributed by atoms with Crippen LogP contribution in [0.25, 0.3) is 0 Å². The number of aliphatic hydroxyl groups is 1. The summed E-state index contributed by atoms with van der Waals surface area (Å²) in [5.74, 6) is -4.81. The van der Waals surface area contributed by atoms with Crippen LogP contribution in [0.15, 0.2) is 18.3 Å². The van der Waals surface area contributed by atoms with Gasteiger partial charge in [0.05, 0.1) is 6.54 Å². The molecule has 0 aliphatic carbocycles. The molecule has 1 amide bonds. The lowest BCUT2D eigenvalue weighted by Crippen LogP contribution is -2.39. The van der Waals surface area contributed by atoms with Gasteiger partial charge in [-0.1, -0.05) is 0 Å². The van der Waals surface area contributed by atoms with E-state index < -0.39 is 38.0 Å². The van der Waals surface area contributed by atoms with Crippen LogP contribution < -0.4 is 10.1 Å². The molecule has 1 aromatic heterocycles. The van der Waals surface area contributed by atoms with E-state index in [2.05, 4.69) is 9.72 Å². The summed E-state index contributed by atoms with van der Waals surface area (Å²) in [6.07, 6.45) is -1.55. The SMILES string of the molecule is O=C(NCC(F)(F)CO)c1cccnc1OCC(F)F. The van der Waals surface area contributed by atoms with Crippen molar-refractivity contribution < 1.29 is 32.2 Å². The molecule has 1 aromatic rings. The van der Waals surface area contributed by atoms with Gasteiger partial charge in [-0.15, -0.1) is 0 Å². The van der Waals surface area contributed by atoms with E-state index >= 15 is 0 Å². The average Bonchev–Trinajstić information content (AvgIpc) is 2.43. The molecule has 0 bridgehead atoms. The van der Waals surface area contributed by atoms with E-state index in [1.165, 1.54) is 18.3 Å². The molecule has 9 heteroatoms. The van der Waals surface area contributed by atoms with Gasteiger partial charge in [0.25, 0.3) is 18.3 Å². The first kappa shape index (κ1) is 16.2. The molecule has 20 heavy (non-hydrogen) atoms. The molecule has 2 N–H and O–H groups in total. The second-order valence-corrected chi connectivity index (χ2v) is 3.75. The molecule has 0 unspecified atom stereocenters. The number of amides is 1. The van der Waals surface area contributed by atoms with Crippen molar-refractivity contribution in [3.63, 3.8) is 0 Å². The topological polar surface area (TPSA) is 71.5 Å². The smallest absolute Gasteiger partial charge is 0.287 e. The first-order valence-electron chi connectivity index (χ1n) is 5.48. The van der Waals surface area contributed by atoms with Crippen molar-refractivity contribution in [3.05, 3.63) is 23.9 Å². The Labute approximate surface area is 111 Å². The zero-order chi connectivity index (χ0) is 15.2. The van der Waals surface area contributed by atoms with Crippen molar-refractivity contribution in [2.45, 2.75) is 12.3 Å². The minimum Gasteiger partial charge on any atom is -0.471 e. The third-order valence-electron chi connectivity index (χ3n) is 2.10. The number of alkyl halides is 4. The van der Waals surface area contributed by atoms with E-state index in [0.717, 1.165) is 0 Å². The number of nitrogens with zero attached hydrogens (tertiary/aromatic N) is 1. The van der Waals surface area contributed by atoms with Crippen LogP contribution in [0.3, 0.4) is 0 Å². The number of rotatable bonds is 7. The predicted molar refractivity (Wildman–Crippen MR) is 60.1 cm³/mol. The normalized spacial score (nSPS) is 11.5. The number of carbonyl (C=O) groups is 1. The van der Waals surface area contributed by atoms with Crippen LogP contribution in [0, 0.1) is 0 Å². The van der Waals surface area contributed by atoms with Crippen LogP contribution in [0.5, 0.6) is 5.88 Å². The molecule has 0 saturated heterocycles. The van der Waals surface area contributed by atoms with E-state index in [9.17, 15) is 22.4 Å². The third kappa shape index (κ3) is 5.00. The molecular weight excluding hydrogens is 284 g/mol. The minimum absolute atomic E-state index is 0.248. The molecule has 0 radical (unpaired) electrons. The van der Waals surface area contributed by atoms with Crippen LogP contribution in [0.2, 0.25) is 0 Å². The molecular formula is C11H12F4N2O3. The maximum Gasteiger partial charge on any atom is 0.287 e. The van der Waals surface area contributed by atoms with Crippen LogP contribution in [-0.2, 0) is 0 Å². The first-order valence-corrected chi connectivity index (χ1v) is 5.48. The number of nitrogens with one attached hydrogen (secondary N) is 1. The van der Waals surface area contributed by atoms with Crippen molar-refractivity contribution in [1.29, 1.82) is 0 Å². The van der Waals surface area contributed by atoms with Gasteiger partial charge in [-0.2, -0.15) is 0 Å². The fourth-order valence-corrected chi connectivity index (χ4v) is 1.18. The van der Waals surface area contributed by atoms with Gasteiger partial charge in [0.1, 0.15) is 12.2 Å². The van der Waals surface area contributed by atoms with Crippen molar-refractivity contribution >= 4 is 5.91 Å². The Morgan fingerprint density at radius 1 is 1.50 bits per heavy atom. The summed E-state index contributed by atoms with van der Waals surface area (Å²) in [6.45, 7) is -3.48. The molecule has 112 valence electrons. The standard InChI is InChI=1S/C11H12F4N2O3/c12-8(13)4-20-10-7(2-1-3-16-10)9(19)17-5-11(14,15)6-18/h1-3,8,18H,4-6H2,(H,17,19). The lowest BCUT2D eigenvalue weighted by Gasteiger charge is -2.15. The van der Waals surface area contributed by atoms with Gasteiger partial charge < -0.3 is 15.2 Å². The Kier molecular flexibility index (Phi) is 5.68. The van der Waals surface area contributed by atoms with Crippen LogP contribution >= 0.6 is 0 Å². The second kappa shape index (κ2) is 7.04. The molecule has 1 heterocycles. The third-order valence-corrected chi connectivity index (χ3v) is 2.10. The van der Waals surface area contributed by atoms with Crippen molar-refractivity contribution in [1.82, 2.24) is 10.3 Å². The van der Waals surface area contributed by atoms with Gasteiger partial charge in [-0.25, -0.2) is 22.5 Å². The maximum atomic E-state index is 12.8. The predicted octanol–water partition coefficient (Wildman–Crippen LogP) is 1.08. The van der Waals surface area contributed by atoms with Crippen LogP contribution in [0.4, 0.5) is 17.6 Å². The fourth-order valence-electron chi connectivity index (χ4n) is 1.18. The summed E-state index contributed by atoms with van der Waals surface area (Å²) in [5, 5.41) is 10.2. The van der Waals surface area contributed by atoms with Gasteiger partial charge in [0.2, 0.25) is 5.88 Å². The lowest BCUT2D eigenvalue weighted by molar-refractivity contribution is -0.0462. The Morgan fingerprint density at radius 2 is 2.20 bits per heavy atom. The van der Waals surface area contributed by atoms with Crippen molar-refractivity contribution in [2.24, 2.45) is 0 Å². The summed E-state index contributed by atoms with van der Waals surface area (Å²) in [4.78, 5) is 15.2. The molecule has 0 aliphatic rings. The van der Waals surface area contributed by atoms with Crippen LogP contribution in [0.1, 0.15) is 10.4 Å². The van der Waals surface area contributed by atoms with E-state index in [-0.39, 0.29) is 11.4 Å². The monoisotopic (exact) mass is 296 g/mol. The number of carbonyl (C=O) groups excluding carboxylic acids is 1. The molecule has 5 nitrogen and oxygen atoms in total. The van der Waals surface area contributed by atoms with Gasteiger partial charge in [-0.05, 0) is 12.1 Å². The van der Waals surface area contributed by atoms with Gasteiger partial charge in [-0.3, -0.25) is 4.79 Å². The fraction of sp³-hybridized carbons (Fsp3) is 0.455. The van der Waals surface area contributed by atoms with Crippen LogP contribution in [-0.4, -0.2) is 48.1 Å². The molecule has 0 aliphatic heterocycles. The first-order chi connectivity index (χ1) is 9.35. The lowest BCUT2D eigenvalue weighted by atomic mass is 10.2. The molecule has 1 rings (SSSR count). The van der Waals surface area contributed by atoms with E-state index in [1.54, 1.807) is 0 Å². The van der Waals surface area contributed by atoms with E-state index in [0.29, 0.717) is 0 Å². The number of aliphatic hydroxyl groups excluding tert-OH is 1. The average molecular weight is 296 g/mol. The number of hydrogen-bond donors (Lipinski definition) is 2. The highest BCUT2D eigenvalue weighted by molar-refractivity contribution is 5.96. The Balaban J connectivity index is 2.72. The largest absolute Gasteiger partial charge is 0.471 e. The summed E-state index contributed by atoms with van der Waals surface area (Å²) < 4.78 is 54.2. The molecule has 0 spiro atoms. The molecule has 0 aromatic carbocycles. The van der Waals surface area contributed by atoms with E-state index in [1.807, 2.05) is 5.32 Å². The quantitative estimate of drug-likeness (QED) is 0.739.